The Morgan fingerprint density at radius 1 is 1.29 bits per heavy atom. The van der Waals surface area contributed by atoms with Gasteiger partial charge in [0.05, 0.1) is 11.6 Å². The number of aryl methyl sites for hydroxylation is 2. The summed E-state index contributed by atoms with van der Waals surface area (Å²) in [5.74, 6) is -0.286. The summed E-state index contributed by atoms with van der Waals surface area (Å²) in [7, 11) is 0. The van der Waals surface area contributed by atoms with Gasteiger partial charge >= 0.3 is 0 Å². The highest BCUT2D eigenvalue weighted by atomic mass is 16.1. The molecule has 2 rings (SSSR count). The van der Waals surface area contributed by atoms with Crippen molar-refractivity contribution in [3.63, 3.8) is 0 Å². The van der Waals surface area contributed by atoms with Gasteiger partial charge in [0.2, 0.25) is 5.91 Å². The second-order valence-electron chi connectivity index (χ2n) is 5.33. The summed E-state index contributed by atoms with van der Waals surface area (Å²) in [5.41, 5.74) is 13.8. The molecule has 2 aromatic rings. The lowest BCUT2D eigenvalue weighted by atomic mass is 10.1. The van der Waals surface area contributed by atoms with Crippen molar-refractivity contribution in [1.82, 2.24) is 14.8 Å². The van der Waals surface area contributed by atoms with E-state index in [-0.39, 0.29) is 5.91 Å². The van der Waals surface area contributed by atoms with Crippen LogP contribution in [0.3, 0.4) is 0 Å². The average Bonchev–Trinajstić information content (AvgIpc) is 2.85. The molecule has 6 nitrogen and oxygen atoms in total. The molecular formula is C15H23N5O. The van der Waals surface area contributed by atoms with Crippen LogP contribution in [0.2, 0.25) is 0 Å². The second-order valence-corrected chi connectivity index (χ2v) is 5.33. The predicted octanol–water partition coefficient (Wildman–Crippen LogP) is 2.01. The molecule has 0 saturated heterocycles. The van der Waals surface area contributed by atoms with Crippen molar-refractivity contribution in [1.29, 1.82) is 0 Å². The van der Waals surface area contributed by atoms with Crippen LogP contribution in [-0.2, 0) is 17.8 Å². The van der Waals surface area contributed by atoms with Gasteiger partial charge in [0, 0.05) is 24.8 Å². The number of fused-ring (bicyclic) bond motifs is 1. The summed E-state index contributed by atoms with van der Waals surface area (Å²) in [4.78, 5) is 15.3. The van der Waals surface area contributed by atoms with Gasteiger partial charge in [-0.1, -0.05) is 19.8 Å². The van der Waals surface area contributed by atoms with E-state index in [1.807, 2.05) is 4.68 Å². The molecule has 0 radical (unpaired) electrons. The van der Waals surface area contributed by atoms with E-state index in [4.69, 9.17) is 11.5 Å². The zero-order valence-electron chi connectivity index (χ0n) is 12.5. The molecule has 0 saturated carbocycles. The Morgan fingerprint density at radius 3 is 2.81 bits per heavy atom. The summed E-state index contributed by atoms with van der Waals surface area (Å²) >= 11 is 0. The van der Waals surface area contributed by atoms with E-state index in [2.05, 4.69) is 17.0 Å². The lowest BCUT2D eigenvalue weighted by Crippen LogP contribution is -2.10. The highest BCUT2D eigenvalue weighted by Gasteiger charge is 2.11. The number of primary amides is 1. The van der Waals surface area contributed by atoms with Crippen LogP contribution in [0.1, 0.15) is 44.6 Å². The van der Waals surface area contributed by atoms with Gasteiger partial charge in [0.25, 0.3) is 0 Å². The molecule has 0 aromatic carbocycles. The maximum absolute atomic E-state index is 10.8. The molecule has 0 aliphatic heterocycles. The number of aromatic nitrogens is 3. The third kappa shape index (κ3) is 3.71. The van der Waals surface area contributed by atoms with Gasteiger partial charge in [-0.2, -0.15) is 5.10 Å². The average molecular weight is 289 g/mol. The third-order valence-electron chi connectivity index (χ3n) is 3.63. The number of pyridine rings is 1. The first-order valence-corrected chi connectivity index (χ1v) is 7.50. The Hall–Kier alpha value is -2.11. The highest BCUT2D eigenvalue weighted by Crippen LogP contribution is 2.24. The van der Waals surface area contributed by atoms with Crippen molar-refractivity contribution in [3.8, 4) is 0 Å². The van der Waals surface area contributed by atoms with Gasteiger partial charge in [-0.25, -0.2) is 9.67 Å². The topological polar surface area (TPSA) is 99.8 Å². The first kappa shape index (κ1) is 15.3. The van der Waals surface area contributed by atoms with Crippen LogP contribution in [0.4, 0.5) is 5.69 Å². The molecule has 0 aliphatic rings. The molecule has 0 bridgehead atoms. The smallest absolute Gasteiger partial charge is 0.217 e. The number of unbranched alkanes of at least 4 members (excludes halogenated alkanes) is 2. The molecule has 0 atom stereocenters. The molecule has 2 heterocycles. The number of amides is 1. The van der Waals surface area contributed by atoms with E-state index in [9.17, 15) is 4.79 Å². The zero-order chi connectivity index (χ0) is 15.2. The summed E-state index contributed by atoms with van der Waals surface area (Å²) < 4.78 is 1.91. The van der Waals surface area contributed by atoms with Crippen molar-refractivity contribution >= 4 is 22.6 Å². The quantitative estimate of drug-likeness (QED) is 0.726. The highest BCUT2D eigenvalue weighted by molar-refractivity contribution is 5.89. The van der Waals surface area contributed by atoms with Crippen LogP contribution in [0, 0.1) is 0 Å². The van der Waals surface area contributed by atoms with E-state index in [1.54, 1.807) is 12.4 Å². The van der Waals surface area contributed by atoms with Crippen molar-refractivity contribution in [3.05, 3.63) is 18.0 Å². The molecule has 6 heteroatoms. The van der Waals surface area contributed by atoms with Crippen LogP contribution in [-0.4, -0.2) is 20.7 Å². The molecule has 114 valence electrons. The Balaban J connectivity index is 2.13. The zero-order valence-corrected chi connectivity index (χ0v) is 12.5. The van der Waals surface area contributed by atoms with Crippen LogP contribution in [0.5, 0.6) is 0 Å². The normalized spacial score (nSPS) is 11.1. The minimum Gasteiger partial charge on any atom is -0.398 e. The number of hydrogen-bond donors (Lipinski definition) is 2. The number of nitrogen functional groups attached to an aromatic ring is 1. The second kappa shape index (κ2) is 7.06. The van der Waals surface area contributed by atoms with E-state index in [1.165, 1.54) is 12.8 Å². The van der Waals surface area contributed by atoms with E-state index < -0.39 is 0 Å². The Kier molecular flexibility index (Phi) is 5.14. The molecule has 0 aliphatic carbocycles. The van der Waals surface area contributed by atoms with Gasteiger partial charge in [-0.15, -0.1) is 0 Å². The molecular weight excluding hydrogens is 266 g/mol. The standard InChI is InChI=1S/C15H23N5O/c1-2-3-4-8-20-15-12(10-19-20)14(17)11(9-18-15)6-5-7-13(16)21/h9-10H,2-8H2,1H3,(H2,16,21)(H2,17,18). The van der Waals surface area contributed by atoms with Gasteiger partial charge in [0.15, 0.2) is 5.65 Å². The van der Waals surface area contributed by atoms with E-state index in [0.29, 0.717) is 24.9 Å². The number of nitrogens with zero attached hydrogens (tertiary/aromatic N) is 3. The molecule has 0 unspecified atom stereocenters. The SMILES string of the molecule is CCCCCn1ncc2c(N)c(CCCC(N)=O)cnc21. The fraction of sp³-hybridized carbons (Fsp3) is 0.533. The maximum atomic E-state index is 10.8. The van der Waals surface area contributed by atoms with Crippen molar-refractivity contribution in [2.24, 2.45) is 5.73 Å². The first-order valence-electron chi connectivity index (χ1n) is 7.50. The van der Waals surface area contributed by atoms with Gasteiger partial charge < -0.3 is 11.5 Å². The molecule has 4 N–H and O–H groups in total. The largest absolute Gasteiger partial charge is 0.398 e. The van der Waals surface area contributed by atoms with E-state index >= 15 is 0 Å². The molecule has 1 amide bonds. The fourth-order valence-electron chi connectivity index (χ4n) is 2.41. The van der Waals surface area contributed by atoms with Crippen LogP contribution in [0.25, 0.3) is 11.0 Å². The summed E-state index contributed by atoms with van der Waals surface area (Å²) in [6.07, 6.45) is 8.79. The van der Waals surface area contributed by atoms with Crippen molar-refractivity contribution in [2.45, 2.75) is 52.0 Å². The Morgan fingerprint density at radius 2 is 2.10 bits per heavy atom. The molecule has 0 spiro atoms. The van der Waals surface area contributed by atoms with Crippen LogP contribution in [0.15, 0.2) is 12.4 Å². The number of rotatable bonds is 8. The van der Waals surface area contributed by atoms with Crippen LogP contribution < -0.4 is 11.5 Å². The number of anilines is 1. The monoisotopic (exact) mass is 289 g/mol. The summed E-state index contributed by atoms with van der Waals surface area (Å²) in [6, 6.07) is 0. The maximum Gasteiger partial charge on any atom is 0.217 e. The fourth-order valence-corrected chi connectivity index (χ4v) is 2.41. The lowest BCUT2D eigenvalue weighted by molar-refractivity contribution is -0.118. The number of hydrogen-bond acceptors (Lipinski definition) is 4. The van der Waals surface area contributed by atoms with Gasteiger partial charge in [0.1, 0.15) is 0 Å². The number of carbonyl (C=O) groups excluding carboxylic acids is 1. The third-order valence-corrected chi connectivity index (χ3v) is 3.63. The summed E-state index contributed by atoms with van der Waals surface area (Å²) in [6.45, 7) is 3.04. The molecule has 2 aromatic heterocycles. The minimum absolute atomic E-state index is 0.286. The Labute approximate surface area is 124 Å². The van der Waals surface area contributed by atoms with Gasteiger partial charge in [-0.05, 0) is 24.8 Å². The van der Waals surface area contributed by atoms with Gasteiger partial charge in [-0.3, -0.25) is 4.79 Å². The number of carbonyl (C=O) groups is 1. The minimum atomic E-state index is -0.286. The lowest BCUT2D eigenvalue weighted by Gasteiger charge is -2.07. The van der Waals surface area contributed by atoms with E-state index in [0.717, 1.165) is 29.6 Å². The number of nitrogens with two attached hydrogens (primary N) is 2. The summed E-state index contributed by atoms with van der Waals surface area (Å²) in [5, 5.41) is 5.27. The molecule has 0 fully saturated rings. The predicted molar refractivity (Wildman–Crippen MR) is 83.6 cm³/mol. The first-order chi connectivity index (χ1) is 10.1. The molecule has 21 heavy (non-hydrogen) atoms. The van der Waals surface area contributed by atoms with Crippen LogP contribution >= 0.6 is 0 Å². The Bertz CT molecular complexity index is 620. The van der Waals surface area contributed by atoms with Crippen molar-refractivity contribution < 1.29 is 4.79 Å². The van der Waals surface area contributed by atoms with Crippen molar-refractivity contribution in [2.75, 3.05) is 5.73 Å².